The van der Waals surface area contributed by atoms with Gasteiger partial charge in [0.1, 0.15) is 0 Å². The molecule has 0 saturated carbocycles. The second-order valence-electron chi connectivity index (χ2n) is 4.27. The Morgan fingerprint density at radius 2 is 1.94 bits per heavy atom. The predicted molar refractivity (Wildman–Crippen MR) is 67.6 cm³/mol. The van der Waals surface area contributed by atoms with E-state index in [1.54, 1.807) is 0 Å². The number of carbonyl (C=O) groups is 1. The van der Waals surface area contributed by atoms with E-state index >= 15 is 0 Å². The average molecular weight is 260 g/mol. The van der Waals surface area contributed by atoms with Gasteiger partial charge < -0.3 is 15.1 Å². The van der Waals surface area contributed by atoms with Crippen molar-refractivity contribution >= 4 is 5.97 Å². The number of carboxylic acids is 1. The number of unbranched alkanes of at least 4 members (excludes halogenated alkanes) is 5. The molecule has 0 fully saturated rings. The van der Waals surface area contributed by atoms with Crippen LogP contribution in [0.2, 0.25) is 0 Å². The molecule has 0 rings (SSSR count). The van der Waals surface area contributed by atoms with Crippen LogP contribution in [0.15, 0.2) is 5.11 Å². The highest BCUT2D eigenvalue weighted by Gasteiger charge is 2.20. The van der Waals surface area contributed by atoms with Crippen molar-refractivity contribution in [2.75, 3.05) is 20.3 Å². The molecular formula is C12H24N2O4. The summed E-state index contributed by atoms with van der Waals surface area (Å²) in [6.07, 6.45) is 6.45. The number of ether oxygens (including phenoxy) is 1. The van der Waals surface area contributed by atoms with Crippen molar-refractivity contribution in [1.82, 2.24) is 0 Å². The Labute approximate surface area is 108 Å². The zero-order chi connectivity index (χ0) is 13.8. The zero-order valence-corrected chi connectivity index (χ0v) is 11.3. The number of hydrogen-bond donors (Lipinski definition) is 1. The summed E-state index contributed by atoms with van der Waals surface area (Å²) >= 11 is 0. The smallest absolute Gasteiger partial charge is 0.337 e. The minimum absolute atomic E-state index is 0.0788. The maximum absolute atomic E-state index is 11.4. The monoisotopic (exact) mass is 260 g/mol. The third-order valence-corrected chi connectivity index (χ3v) is 2.58. The molecule has 0 aromatic heterocycles. The molecule has 0 saturated heterocycles. The van der Waals surface area contributed by atoms with E-state index in [4.69, 9.17) is 9.84 Å². The Morgan fingerprint density at radius 3 is 2.50 bits per heavy atom. The summed E-state index contributed by atoms with van der Waals surface area (Å²) in [5, 5.41) is 23.7. The highest BCUT2D eigenvalue weighted by molar-refractivity contribution is 5.73. The summed E-state index contributed by atoms with van der Waals surface area (Å²) in [6.45, 7) is 2.32. The van der Waals surface area contributed by atoms with Gasteiger partial charge >= 0.3 is 5.97 Å². The first-order valence-corrected chi connectivity index (χ1v) is 6.49. The summed E-state index contributed by atoms with van der Waals surface area (Å²) in [6, 6.07) is -1.10. The van der Waals surface area contributed by atoms with Gasteiger partial charge in [-0.3, -0.25) is 0 Å². The van der Waals surface area contributed by atoms with E-state index in [1.807, 2.05) is 0 Å². The molecule has 0 aliphatic heterocycles. The Balaban J connectivity index is 3.83. The number of hydrogen-bond acceptors (Lipinski definition) is 4. The number of nitrogens with zero attached hydrogens (tertiary/aromatic N) is 2. The van der Waals surface area contributed by atoms with E-state index in [0.29, 0.717) is 4.86 Å². The average Bonchev–Trinajstić information content (AvgIpc) is 2.33. The van der Waals surface area contributed by atoms with Crippen molar-refractivity contribution in [2.45, 2.75) is 51.5 Å². The van der Waals surface area contributed by atoms with E-state index in [-0.39, 0.29) is 13.2 Å². The van der Waals surface area contributed by atoms with Gasteiger partial charge in [-0.2, -0.15) is 0 Å². The van der Waals surface area contributed by atoms with Gasteiger partial charge in [0.15, 0.2) is 6.54 Å². The summed E-state index contributed by atoms with van der Waals surface area (Å²) in [5.74, 6) is -1.14. The van der Waals surface area contributed by atoms with E-state index in [9.17, 15) is 10.0 Å². The minimum atomic E-state index is -1.14. The molecule has 0 radical (unpaired) electrons. The van der Waals surface area contributed by atoms with Crippen molar-refractivity contribution in [3.63, 3.8) is 0 Å². The molecule has 18 heavy (non-hydrogen) atoms. The van der Waals surface area contributed by atoms with Gasteiger partial charge in [-0.05, 0) is 11.5 Å². The fourth-order valence-corrected chi connectivity index (χ4v) is 1.55. The molecule has 106 valence electrons. The number of hydroxylamine groups is 1. The second kappa shape index (κ2) is 11.0. The lowest BCUT2D eigenvalue weighted by molar-refractivity contribution is -0.533. The summed E-state index contributed by atoms with van der Waals surface area (Å²) in [7, 11) is 1.38. The van der Waals surface area contributed by atoms with Crippen LogP contribution >= 0.6 is 0 Å². The summed E-state index contributed by atoms with van der Waals surface area (Å²) in [4.78, 5) is 11.2. The second-order valence-corrected chi connectivity index (χ2v) is 4.27. The number of azo groups is 1. The van der Waals surface area contributed by atoms with Crippen molar-refractivity contribution in [2.24, 2.45) is 5.11 Å². The molecule has 1 N–H and O–H groups in total. The molecule has 0 heterocycles. The van der Waals surface area contributed by atoms with Crippen molar-refractivity contribution in [3.8, 4) is 0 Å². The Morgan fingerprint density at radius 1 is 1.33 bits per heavy atom. The van der Waals surface area contributed by atoms with E-state index in [0.717, 1.165) is 19.3 Å². The molecule has 0 unspecified atom stereocenters. The largest absolute Gasteiger partial charge is 0.600 e. The zero-order valence-electron chi connectivity index (χ0n) is 11.3. The van der Waals surface area contributed by atoms with Crippen molar-refractivity contribution in [3.05, 3.63) is 5.21 Å². The normalized spacial score (nSPS) is 13.6. The van der Waals surface area contributed by atoms with Crippen LogP contribution in [0.25, 0.3) is 0 Å². The lowest BCUT2D eigenvalue weighted by Crippen LogP contribution is -2.25. The van der Waals surface area contributed by atoms with Gasteiger partial charge in [0.05, 0.1) is 6.61 Å². The van der Waals surface area contributed by atoms with Crippen LogP contribution in [-0.2, 0) is 9.53 Å². The fourth-order valence-electron chi connectivity index (χ4n) is 1.55. The van der Waals surface area contributed by atoms with Crippen LogP contribution in [0.1, 0.15) is 45.4 Å². The van der Waals surface area contributed by atoms with Crippen LogP contribution in [0.5, 0.6) is 0 Å². The number of aliphatic carboxylic acids is 1. The minimum Gasteiger partial charge on any atom is -0.600 e. The number of rotatable bonds is 11. The lowest BCUT2D eigenvalue weighted by atomic mass is 10.1. The van der Waals surface area contributed by atoms with Crippen molar-refractivity contribution < 1.29 is 19.5 Å². The molecule has 0 spiro atoms. The van der Waals surface area contributed by atoms with Crippen molar-refractivity contribution in [1.29, 1.82) is 0 Å². The Kier molecular flexibility index (Phi) is 10.2. The third kappa shape index (κ3) is 8.92. The summed E-state index contributed by atoms with van der Waals surface area (Å²) < 4.78 is 4.70. The van der Waals surface area contributed by atoms with Gasteiger partial charge in [0.25, 0.3) is 0 Å². The molecule has 0 bridgehead atoms. The van der Waals surface area contributed by atoms with Gasteiger partial charge in [-0.15, -0.1) is 0 Å². The van der Waals surface area contributed by atoms with E-state index < -0.39 is 12.0 Å². The molecule has 6 heteroatoms. The van der Waals surface area contributed by atoms with E-state index in [2.05, 4.69) is 12.0 Å². The van der Waals surface area contributed by atoms with Crippen LogP contribution < -0.4 is 0 Å². The Bertz CT molecular complexity index is 256. The number of carboxylic acid groups (broad SMARTS) is 1. The molecule has 0 aliphatic rings. The highest BCUT2D eigenvalue weighted by atomic mass is 16.5. The first kappa shape index (κ1) is 16.8. The fraction of sp³-hybridized carbons (Fsp3) is 0.917. The third-order valence-electron chi connectivity index (χ3n) is 2.58. The van der Waals surface area contributed by atoms with Gasteiger partial charge in [-0.1, -0.05) is 37.5 Å². The van der Waals surface area contributed by atoms with Gasteiger partial charge in [-0.25, -0.2) is 4.79 Å². The van der Waals surface area contributed by atoms with E-state index in [1.165, 1.54) is 26.4 Å². The van der Waals surface area contributed by atoms with Crippen LogP contribution in [0.3, 0.4) is 0 Å². The van der Waals surface area contributed by atoms with Gasteiger partial charge in [0, 0.05) is 13.5 Å². The molecule has 0 aromatic rings. The maximum Gasteiger partial charge on any atom is 0.337 e. The molecule has 0 aliphatic carbocycles. The molecule has 0 aromatic carbocycles. The lowest BCUT2D eigenvalue weighted by Gasteiger charge is -2.06. The topological polar surface area (TPSA) is 85.0 Å². The molecule has 0 amide bonds. The number of methoxy groups -OCH3 is 1. The quantitative estimate of drug-likeness (QED) is 0.267. The highest BCUT2D eigenvalue weighted by Crippen LogP contribution is 2.05. The maximum atomic E-state index is 11.4. The Hall–Kier alpha value is -1.17. The van der Waals surface area contributed by atoms with Crippen LogP contribution in [0, 0.1) is 5.21 Å². The molecule has 1 atom stereocenters. The summed E-state index contributed by atoms with van der Waals surface area (Å²) in [5.41, 5.74) is 0. The first-order chi connectivity index (χ1) is 8.61. The SMILES string of the molecule is CCCCCCCC[N+]([O-])=N[C@@H](COC)C(=O)O. The standard InChI is InChI=1S/C12H24N2O4/c1-3-4-5-6-7-8-9-14(17)13-11(10-18-2)12(15)16/h11H,3-10H2,1-2H3,(H,15,16)/t11-/m0/s1. The molecule has 6 nitrogen and oxygen atoms in total. The molecular weight excluding hydrogens is 236 g/mol. The predicted octanol–water partition coefficient (Wildman–Crippen LogP) is 2.41. The first-order valence-electron chi connectivity index (χ1n) is 6.49. The van der Waals surface area contributed by atoms with Crippen LogP contribution in [0.4, 0.5) is 0 Å². The van der Waals surface area contributed by atoms with Gasteiger partial charge in [0.2, 0.25) is 6.04 Å². The van der Waals surface area contributed by atoms with Crippen LogP contribution in [-0.4, -0.2) is 42.2 Å².